The molecule has 0 saturated carbocycles. The summed E-state index contributed by atoms with van der Waals surface area (Å²) in [6.45, 7) is 0.819. The van der Waals surface area contributed by atoms with Gasteiger partial charge in [0.1, 0.15) is 6.10 Å². The number of nitrogens with zero attached hydrogens (tertiary/aromatic N) is 3. The second-order valence-electron chi connectivity index (χ2n) is 5.65. The SMILES string of the molecule is O=S(=O)(Cc1ccc(Cl)cc1)N1CCCC(Oc2ncccn2)C1. The molecule has 1 saturated heterocycles. The highest BCUT2D eigenvalue weighted by molar-refractivity contribution is 7.88. The fourth-order valence-corrected chi connectivity index (χ4v) is 4.35. The zero-order valence-corrected chi connectivity index (χ0v) is 14.6. The van der Waals surface area contributed by atoms with Gasteiger partial charge in [-0.3, -0.25) is 0 Å². The predicted molar refractivity (Wildman–Crippen MR) is 91.3 cm³/mol. The highest BCUT2D eigenvalue weighted by Gasteiger charge is 2.30. The minimum atomic E-state index is -3.41. The van der Waals surface area contributed by atoms with Gasteiger partial charge in [0, 0.05) is 24.0 Å². The molecule has 0 amide bonds. The van der Waals surface area contributed by atoms with Crippen LogP contribution in [0.4, 0.5) is 0 Å². The lowest BCUT2D eigenvalue weighted by atomic mass is 10.1. The van der Waals surface area contributed by atoms with E-state index in [4.69, 9.17) is 16.3 Å². The summed E-state index contributed by atoms with van der Waals surface area (Å²) in [4.78, 5) is 8.04. The van der Waals surface area contributed by atoms with Crippen molar-refractivity contribution >= 4 is 21.6 Å². The molecule has 1 aliphatic heterocycles. The fourth-order valence-electron chi connectivity index (χ4n) is 2.63. The summed E-state index contributed by atoms with van der Waals surface area (Å²) in [5, 5.41) is 0.588. The van der Waals surface area contributed by atoms with E-state index in [1.807, 2.05) is 0 Å². The zero-order valence-electron chi connectivity index (χ0n) is 13.0. The maximum absolute atomic E-state index is 12.6. The van der Waals surface area contributed by atoms with Crippen LogP contribution >= 0.6 is 11.6 Å². The van der Waals surface area contributed by atoms with Crippen molar-refractivity contribution in [1.29, 1.82) is 0 Å². The highest BCUT2D eigenvalue weighted by Crippen LogP contribution is 2.20. The van der Waals surface area contributed by atoms with Crippen LogP contribution in [0.5, 0.6) is 6.01 Å². The first-order chi connectivity index (χ1) is 11.5. The van der Waals surface area contributed by atoms with Gasteiger partial charge in [-0.15, -0.1) is 0 Å². The molecule has 0 bridgehead atoms. The number of piperidine rings is 1. The average Bonchev–Trinajstić information content (AvgIpc) is 2.58. The van der Waals surface area contributed by atoms with Crippen molar-refractivity contribution < 1.29 is 13.2 Å². The van der Waals surface area contributed by atoms with E-state index in [0.29, 0.717) is 23.7 Å². The molecule has 6 nitrogen and oxygen atoms in total. The second kappa shape index (κ2) is 7.46. The van der Waals surface area contributed by atoms with Crippen LogP contribution in [0.2, 0.25) is 5.02 Å². The lowest BCUT2D eigenvalue weighted by Gasteiger charge is -2.31. The minimum absolute atomic E-state index is 0.0429. The van der Waals surface area contributed by atoms with Crippen molar-refractivity contribution in [2.75, 3.05) is 13.1 Å². The molecule has 0 spiro atoms. The van der Waals surface area contributed by atoms with Gasteiger partial charge in [-0.1, -0.05) is 23.7 Å². The topological polar surface area (TPSA) is 72.4 Å². The molecule has 1 unspecified atom stereocenters. The summed E-state index contributed by atoms with van der Waals surface area (Å²) in [5.41, 5.74) is 0.717. The summed E-state index contributed by atoms with van der Waals surface area (Å²) in [6.07, 6.45) is 4.49. The van der Waals surface area contributed by atoms with Gasteiger partial charge in [-0.25, -0.2) is 18.4 Å². The lowest BCUT2D eigenvalue weighted by molar-refractivity contribution is 0.119. The van der Waals surface area contributed by atoms with E-state index in [2.05, 4.69) is 9.97 Å². The molecule has 2 heterocycles. The maximum atomic E-state index is 12.6. The van der Waals surface area contributed by atoms with Crippen molar-refractivity contribution in [2.45, 2.75) is 24.7 Å². The van der Waals surface area contributed by atoms with E-state index >= 15 is 0 Å². The quantitative estimate of drug-likeness (QED) is 0.811. The van der Waals surface area contributed by atoms with E-state index in [1.54, 1.807) is 42.7 Å². The van der Waals surface area contributed by atoms with Crippen LogP contribution in [-0.2, 0) is 15.8 Å². The van der Waals surface area contributed by atoms with Gasteiger partial charge >= 0.3 is 6.01 Å². The molecule has 1 aromatic carbocycles. The molecule has 3 rings (SSSR count). The Morgan fingerprint density at radius 1 is 1.21 bits per heavy atom. The van der Waals surface area contributed by atoms with Crippen molar-refractivity contribution in [3.05, 3.63) is 53.3 Å². The third kappa shape index (κ3) is 4.43. The standard InChI is InChI=1S/C16H18ClN3O3S/c17-14-6-4-13(5-7-14)12-24(21,22)20-10-1-3-15(11-20)23-16-18-8-2-9-19-16/h2,4-9,15H,1,3,10-12H2. The molecule has 128 valence electrons. The number of hydrogen-bond acceptors (Lipinski definition) is 5. The largest absolute Gasteiger partial charge is 0.459 e. The third-order valence-electron chi connectivity index (χ3n) is 3.81. The van der Waals surface area contributed by atoms with Crippen LogP contribution in [0.25, 0.3) is 0 Å². The number of hydrogen-bond donors (Lipinski definition) is 0. The van der Waals surface area contributed by atoms with E-state index < -0.39 is 10.0 Å². The minimum Gasteiger partial charge on any atom is -0.459 e. The molecule has 0 N–H and O–H groups in total. The van der Waals surface area contributed by atoms with E-state index in [-0.39, 0.29) is 17.9 Å². The van der Waals surface area contributed by atoms with Gasteiger partial charge in [0.05, 0.1) is 12.3 Å². The van der Waals surface area contributed by atoms with E-state index in [1.165, 1.54) is 4.31 Å². The van der Waals surface area contributed by atoms with Crippen LogP contribution in [0, 0.1) is 0 Å². The number of ether oxygens (including phenoxy) is 1. The Labute approximate surface area is 146 Å². The summed E-state index contributed by atoms with van der Waals surface area (Å²) in [7, 11) is -3.41. The smallest absolute Gasteiger partial charge is 0.316 e. The molecule has 1 atom stereocenters. The molecule has 8 heteroatoms. The Morgan fingerprint density at radius 2 is 1.92 bits per heavy atom. The number of halogens is 1. The van der Waals surface area contributed by atoms with Gasteiger partial charge in [-0.2, -0.15) is 4.31 Å². The van der Waals surface area contributed by atoms with Crippen molar-refractivity contribution in [3.8, 4) is 6.01 Å². The van der Waals surface area contributed by atoms with Crippen LogP contribution in [0.3, 0.4) is 0 Å². The number of rotatable bonds is 5. The second-order valence-corrected chi connectivity index (χ2v) is 8.06. The Hall–Kier alpha value is -1.70. The summed E-state index contributed by atoms with van der Waals surface area (Å²) < 4.78 is 32.5. The van der Waals surface area contributed by atoms with Gasteiger partial charge < -0.3 is 4.74 Å². The number of benzene rings is 1. The first-order valence-electron chi connectivity index (χ1n) is 7.69. The van der Waals surface area contributed by atoms with E-state index in [0.717, 1.165) is 12.8 Å². The molecular weight excluding hydrogens is 350 g/mol. The van der Waals surface area contributed by atoms with Crippen LogP contribution in [-0.4, -0.2) is 41.9 Å². The Bertz CT molecular complexity index is 769. The van der Waals surface area contributed by atoms with Crippen molar-refractivity contribution in [2.24, 2.45) is 0 Å². The fraction of sp³-hybridized carbons (Fsp3) is 0.375. The highest BCUT2D eigenvalue weighted by atomic mass is 35.5. The van der Waals surface area contributed by atoms with Crippen LogP contribution in [0.15, 0.2) is 42.7 Å². The van der Waals surface area contributed by atoms with Gasteiger partial charge in [0.2, 0.25) is 10.0 Å². The molecular formula is C16H18ClN3O3S. The molecule has 1 aromatic heterocycles. The molecule has 24 heavy (non-hydrogen) atoms. The van der Waals surface area contributed by atoms with Crippen molar-refractivity contribution in [1.82, 2.24) is 14.3 Å². The Kier molecular flexibility index (Phi) is 5.33. The molecule has 0 radical (unpaired) electrons. The molecule has 1 fully saturated rings. The predicted octanol–water partition coefficient (Wildman–Crippen LogP) is 2.50. The third-order valence-corrected chi connectivity index (χ3v) is 5.88. The van der Waals surface area contributed by atoms with Crippen molar-refractivity contribution in [3.63, 3.8) is 0 Å². The van der Waals surface area contributed by atoms with Crippen LogP contribution in [0.1, 0.15) is 18.4 Å². The summed E-state index contributed by atoms with van der Waals surface area (Å²) in [6, 6.07) is 8.84. The first-order valence-corrected chi connectivity index (χ1v) is 9.67. The zero-order chi connectivity index (χ0) is 17.0. The lowest BCUT2D eigenvalue weighted by Crippen LogP contribution is -2.44. The average molecular weight is 368 g/mol. The number of sulfonamides is 1. The molecule has 1 aliphatic rings. The normalized spacial score (nSPS) is 19.1. The van der Waals surface area contributed by atoms with Gasteiger partial charge in [0.15, 0.2) is 0 Å². The number of aromatic nitrogens is 2. The molecule has 0 aliphatic carbocycles. The van der Waals surface area contributed by atoms with E-state index in [9.17, 15) is 8.42 Å². The molecule has 2 aromatic rings. The van der Waals surface area contributed by atoms with Gasteiger partial charge in [0.25, 0.3) is 0 Å². The van der Waals surface area contributed by atoms with Crippen LogP contribution < -0.4 is 4.74 Å². The summed E-state index contributed by atoms with van der Waals surface area (Å²) in [5.74, 6) is -0.0429. The summed E-state index contributed by atoms with van der Waals surface area (Å²) >= 11 is 5.84. The first kappa shape index (κ1) is 17.1. The Balaban J connectivity index is 1.65. The monoisotopic (exact) mass is 367 g/mol. The Morgan fingerprint density at radius 3 is 2.62 bits per heavy atom. The maximum Gasteiger partial charge on any atom is 0.316 e. The van der Waals surface area contributed by atoms with Gasteiger partial charge in [-0.05, 0) is 36.6 Å².